The Bertz CT molecular complexity index is 463. The van der Waals surface area contributed by atoms with E-state index in [1.807, 2.05) is 36.5 Å². The van der Waals surface area contributed by atoms with Crippen LogP contribution in [0.1, 0.15) is 18.4 Å². The number of benzene rings is 1. The Hall–Kier alpha value is -1.81. The molecule has 18 heavy (non-hydrogen) atoms. The molecule has 4 nitrogen and oxygen atoms in total. The number of hydrogen-bond donors (Lipinski definition) is 1. The van der Waals surface area contributed by atoms with Crippen LogP contribution in [0.5, 0.6) is 0 Å². The van der Waals surface area contributed by atoms with E-state index >= 15 is 0 Å². The Kier molecular flexibility index (Phi) is 3.02. The van der Waals surface area contributed by atoms with Gasteiger partial charge in [-0.15, -0.1) is 0 Å². The first-order valence-electron chi connectivity index (χ1n) is 6.36. The highest BCUT2D eigenvalue weighted by molar-refractivity contribution is 5.91. The smallest absolute Gasteiger partial charge is 0.317 e. The Morgan fingerprint density at radius 3 is 2.61 bits per heavy atom. The minimum absolute atomic E-state index is 0.124. The lowest BCUT2D eigenvalue weighted by molar-refractivity contribution is 0.197. The molecule has 2 aliphatic rings. The molecular weight excluding hydrogens is 226 g/mol. The number of hydrogen-bond acceptors (Lipinski definition) is 2. The van der Waals surface area contributed by atoms with Gasteiger partial charge in [-0.25, -0.2) is 4.79 Å². The summed E-state index contributed by atoms with van der Waals surface area (Å²) < 4.78 is 0. The van der Waals surface area contributed by atoms with Gasteiger partial charge in [0, 0.05) is 17.8 Å². The Labute approximate surface area is 107 Å². The summed E-state index contributed by atoms with van der Waals surface area (Å²) in [6.45, 7) is 1.95. The van der Waals surface area contributed by atoms with Crippen LogP contribution in [0.3, 0.4) is 0 Å². The van der Waals surface area contributed by atoms with Crippen LogP contribution in [0, 0.1) is 0 Å². The lowest BCUT2D eigenvalue weighted by atomic mass is 10.1. The molecule has 1 radical (unpaired) electrons. The fraction of sp³-hybridized carbons (Fsp3) is 0.357. The van der Waals surface area contributed by atoms with Crippen LogP contribution in [0.4, 0.5) is 4.79 Å². The number of urea groups is 1. The van der Waals surface area contributed by atoms with E-state index in [9.17, 15) is 4.79 Å². The van der Waals surface area contributed by atoms with Crippen LogP contribution in [-0.2, 0) is 0 Å². The molecule has 1 fully saturated rings. The van der Waals surface area contributed by atoms with Crippen molar-refractivity contribution in [2.45, 2.75) is 18.9 Å². The molecule has 0 aliphatic carbocycles. The molecule has 1 saturated heterocycles. The SMILES string of the molecule is O=C1[N]C(c2ccccc2)=CN1C1CCNCC1. The molecule has 0 spiro atoms. The fourth-order valence-corrected chi connectivity index (χ4v) is 2.47. The van der Waals surface area contributed by atoms with Crippen LogP contribution in [0.15, 0.2) is 36.5 Å². The topological polar surface area (TPSA) is 46.4 Å². The van der Waals surface area contributed by atoms with Gasteiger partial charge in [-0.3, -0.25) is 4.90 Å². The second-order valence-electron chi connectivity index (χ2n) is 4.66. The Morgan fingerprint density at radius 2 is 1.89 bits per heavy atom. The monoisotopic (exact) mass is 242 g/mol. The molecule has 3 rings (SSSR count). The van der Waals surface area contributed by atoms with Crippen LogP contribution >= 0.6 is 0 Å². The molecule has 0 aromatic heterocycles. The molecule has 0 saturated carbocycles. The molecule has 4 heteroatoms. The average molecular weight is 242 g/mol. The molecule has 2 amide bonds. The third kappa shape index (κ3) is 2.11. The first-order chi connectivity index (χ1) is 8.84. The normalized spacial score (nSPS) is 20.8. The van der Waals surface area contributed by atoms with Gasteiger partial charge in [0.1, 0.15) is 0 Å². The first kappa shape index (κ1) is 11.3. The summed E-state index contributed by atoms with van der Waals surface area (Å²) >= 11 is 0. The van der Waals surface area contributed by atoms with Crippen LogP contribution in [0.25, 0.3) is 5.70 Å². The maximum Gasteiger partial charge on any atom is 0.348 e. The molecule has 1 aromatic rings. The molecule has 1 aromatic carbocycles. The predicted molar refractivity (Wildman–Crippen MR) is 69.7 cm³/mol. The number of piperidine rings is 1. The number of nitrogens with zero attached hydrogens (tertiary/aromatic N) is 2. The van der Waals surface area contributed by atoms with Crippen LogP contribution in [-0.4, -0.2) is 30.1 Å². The van der Waals surface area contributed by atoms with E-state index in [1.54, 1.807) is 4.90 Å². The van der Waals surface area contributed by atoms with Gasteiger partial charge < -0.3 is 5.32 Å². The average Bonchev–Trinajstić information content (AvgIpc) is 2.83. The quantitative estimate of drug-likeness (QED) is 0.859. The number of nitrogens with one attached hydrogen (secondary N) is 1. The number of amides is 2. The molecular formula is C14H16N3O. The maximum atomic E-state index is 11.9. The van der Waals surface area contributed by atoms with E-state index in [4.69, 9.17) is 0 Å². The molecule has 93 valence electrons. The molecule has 0 bridgehead atoms. The zero-order valence-corrected chi connectivity index (χ0v) is 10.2. The van der Waals surface area contributed by atoms with E-state index in [-0.39, 0.29) is 6.03 Å². The van der Waals surface area contributed by atoms with Crippen molar-refractivity contribution in [2.24, 2.45) is 0 Å². The summed E-state index contributed by atoms with van der Waals surface area (Å²) in [5.74, 6) is 0. The van der Waals surface area contributed by atoms with Gasteiger partial charge in [0.05, 0.1) is 5.70 Å². The van der Waals surface area contributed by atoms with Gasteiger partial charge in [0.15, 0.2) is 0 Å². The summed E-state index contributed by atoms with van der Waals surface area (Å²) in [5.41, 5.74) is 1.78. The minimum atomic E-state index is -0.124. The zero-order chi connectivity index (χ0) is 12.4. The fourth-order valence-electron chi connectivity index (χ4n) is 2.47. The predicted octanol–water partition coefficient (Wildman–Crippen LogP) is 1.78. The van der Waals surface area contributed by atoms with Gasteiger partial charge in [0.25, 0.3) is 0 Å². The number of rotatable bonds is 2. The molecule has 2 aliphatic heterocycles. The lowest BCUT2D eigenvalue weighted by Gasteiger charge is -2.28. The van der Waals surface area contributed by atoms with E-state index in [2.05, 4.69) is 10.6 Å². The zero-order valence-electron chi connectivity index (χ0n) is 10.2. The maximum absolute atomic E-state index is 11.9. The third-order valence-corrected chi connectivity index (χ3v) is 3.47. The van der Waals surface area contributed by atoms with E-state index in [0.717, 1.165) is 37.2 Å². The van der Waals surface area contributed by atoms with Crippen molar-refractivity contribution < 1.29 is 4.79 Å². The highest BCUT2D eigenvalue weighted by atomic mass is 16.2. The lowest BCUT2D eigenvalue weighted by Crippen LogP contribution is -2.42. The van der Waals surface area contributed by atoms with Crippen LogP contribution < -0.4 is 10.6 Å². The van der Waals surface area contributed by atoms with Gasteiger partial charge in [-0.2, -0.15) is 5.32 Å². The van der Waals surface area contributed by atoms with Crippen molar-refractivity contribution in [3.05, 3.63) is 42.1 Å². The van der Waals surface area contributed by atoms with Crippen molar-refractivity contribution >= 4 is 11.7 Å². The van der Waals surface area contributed by atoms with Crippen molar-refractivity contribution in [3.63, 3.8) is 0 Å². The summed E-state index contributed by atoms with van der Waals surface area (Å²) in [5, 5.41) is 7.45. The van der Waals surface area contributed by atoms with Gasteiger partial charge in [-0.1, -0.05) is 30.3 Å². The highest BCUT2D eigenvalue weighted by Gasteiger charge is 2.30. The second kappa shape index (κ2) is 4.82. The van der Waals surface area contributed by atoms with Crippen molar-refractivity contribution in [2.75, 3.05) is 13.1 Å². The Balaban J connectivity index is 1.80. The summed E-state index contributed by atoms with van der Waals surface area (Å²) in [4.78, 5) is 13.7. The third-order valence-electron chi connectivity index (χ3n) is 3.47. The van der Waals surface area contributed by atoms with E-state index < -0.39 is 0 Å². The molecule has 2 heterocycles. The van der Waals surface area contributed by atoms with Gasteiger partial charge in [0.2, 0.25) is 0 Å². The van der Waals surface area contributed by atoms with Crippen molar-refractivity contribution in [3.8, 4) is 0 Å². The molecule has 1 N–H and O–H groups in total. The van der Waals surface area contributed by atoms with Crippen molar-refractivity contribution in [1.29, 1.82) is 0 Å². The molecule has 0 unspecified atom stereocenters. The van der Waals surface area contributed by atoms with E-state index in [1.165, 1.54) is 0 Å². The number of carbonyl (C=O) groups is 1. The number of carbonyl (C=O) groups excluding carboxylic acids is 1. The standard InChI is InChI=1S/C14H16N3O/c18-14-16-13(11-4-2-1-3-5-11)10-17(14)12-6-8-15-9-7-12/h1-5,10,12,15H,6-9H2. The molecule has 0 atom stereocenters. The first-order valence-corrected chi connectivity index (χ1v) is 6.36. The largest absolute Gasteiger partial charge is 0.348 e. The Morgan fingerprint density at radius 1 is 1.17 bits per heavy atom. The highest BCUT2D eigenvalue weighted by Crippen LogP contribution is 2.24. The summed E-state index contributed by atoms with van der Waals surface area (Å²) in [6.07, 6.45) is 3.90. The minimum Gasteiger partial charge on any atom is -0.317 e. The second-order valence-corrected chi connectivity index (χ2v) is 4.66. The summed E-state index contributed by atoms with van der Waals surface area (Å²) in [7, 11) is 0. The van der Waals surface area contributed by atoms with E-state index in [0.29, 0.717) is 6.04 Å². The summed E-state index contributed by atoms with van der Waals surface area (Å²) in [6, 6.07) is 10.0. The van der Waals surface area contributed by atoms with Gasteiger partial charge >= 0.3 is 6.03 Å². The van der Waals surface area contributed by atoms with Gasteiger partial charge in [-0.05, 0) is 25.9 Å². The van der Waals surface area contributed by atoms with Crippen LogP contribution in [0.2, 0.25) is 0 Å². The van der Waals surface area contributed by atoms with Crippen molar-refractivity contribution in [1.82, 2.24) is 15.5 Å².